The van der Waals surface area contributed by atoms with E-state index in [1.54, 1.807) is 18.3 Å². The molecule has 2 heterocycles. The minimum Gasteiger partial charge on any atom is -0.326 e. The van der Waals surface area contributed by atoms with E-state index in [1.807, 2.05) is 30.3 Å². The Morgan fingerprint density at radius 3 is 2.52 bits per heavy atom. The predicted molar refractivity (Wildman–Crippen MR) is 80.2 cm³/mol. The molecule has 1 aromatic heterocycles. The van der Waals surface area contributed by atoms with Crippen molar-refractivity contribution in [1.29, 1.82) is 0 Å². The van der Waals surface area contributed by atoms with E-state index in [4.69, 9.17) is 5.73 Å². The Morgan fingerprint density at radius 1 is 1.10 bits per heavy atom. The van der Waals surface area contributed by atoms with Gasteiger partial charge >= 0.3 is 0 Å². The van der Waals surface area contributed by atoms with Crippen molar-refractivity contribution in [2.24, 2.45) is 5.73 Å². The average molecular weight is 303 g/mol. The van der Waals surface area contributed by atoms with Crippen molar-refractivity contribution >= 4 is 10.0 Å². The van der Waals surface area contributed by atoms with E-state index in [9.17, 15) is 8.42 Å². The molecule has 2 atom stereocenters. The van der Waals surface area contributed by atoms with Crippen LogP contribution in [0.3, 0.4) is 0 Å². The number of nitrogens with two attached hydrogens (primary N) is 1. The molecule has 0 aliphatic carbocycles. The second kappa shape index (κ2) is 5.55. The molecule has 21 heavy (non-hydrogen) atoms. The van der Waals surface area contributed by atoms with E-state index in [2.05, 4.69) is 4.98 Å². The molecule has 0 saturated carbocycles. The fraction of sp³-hybridized carbons (Fsp3) is 0.267. The van der Waals surface area contributed by atoms with Gasteiger partial charge in [0.05, 0.1) is 0 Å². The SMILES string of the molecule is N[C@@H]1CN(S(=O)(=O)c2cccnc2)C[C@H]1c1ccccc1. The van der Waals surface area contributed by atoms with Crippen molar-refractivity contribution in [2.75, 3.05) is 13.1 Å². The maximum absolute atomic E-state index is 12.6. The van der Waals surface area contributed by atoms with Gasteiger partial charge in [0.25, 0.3) is 0 Å². The summed E-state index contributed by atoms with van der Waals surface area (Å²) in [5.74, 6) is 0.0256. The van der Waals surface area contributed by atoms with Crippen molar-refractivity contribution in [3.8, 4) is 0 Å². The van der Waals surface area contributed by atoms with Crippen molar-refractivity contribution < 1.29 is 8.42 Å². The van der Waals surface area contributed by atoms with Gasteiger partial charge in [0.15, 0.2) is 0 Å². The van der Waals surface area contributed by atoms with Gasteiger partial charge in [0, 0.05) is 37.4 Å². The van der Waals surface area contributed by atoms with Crippen LogP contribution in [-0.2, 0) is 10.0 Å². The van der Waals surface area contributed by atoms with E-state index in [1.165, 1.54) is 10.5 Å². The molecule has 1 aliphatic heterocycles. The van der Waals surface area contributed by atoms with Gasteiger partial charge in [-0.05, 0) is 17.7 Å². The molecule has 1 aliphatic rings. The molecule has 0 bridgehead atoms. The molecule has 2 aromatic rings. The molecule has 110 valence electrons. The predicted octanol–water partition coefficient (Wildman–Crippen LogP) is 1.20. The summed E-state index contributed by atoms with van der Waals surface area (Å²) in [6.45, 7) is 0.735. The van der Waals surface area contributed by atoms with Crippen LogP contribution < -0.4 is 5.73 Å². The highest BCUT2D eigenvalue weighted by atomic mass is 32.2. The van der Waals surface area contributed by atoms with Crippen LogP contribution in [0.1, 0.15) is 11.5 Å². The zero-order valence-electron chi connectivity index (χ0n) is 11.5. The summed E-state index contributed by atoms with van der Waals surface area (Å²) in [4.78, 5) is 4.10. The van der Waals surface area contributed by atoms with Crippen LogP contribution in [0.2, 0.25) is 0 Å². The number of hydrogen-bond donors (Lipinski definition) is 1. The van der Waals surface area contributed by atoms with Crippen molar-refractivity contribution in [1.82, 2.24) is 9.29 Å². The Morgan fingerprint density at radius 2 is 1.86 bits per heavy atom. The van der Waals surface area contributed by atoms with E-state index in [0.717, 1.165) is 5.56 Å². The van der Waals surface area contributed by atoms with E-state index >= 15 is 0 Å². The number of pyridine rings is 1. The zero-order chi connectivity index (χ0) is 14.9. The second-order valence-electron chi connectivity index (χ2n) is 5.19. The number of hydrogen-bond acceptors (Lipinski definition) is 4. The van der Waals surface area contributed by atoms with Gasteiger partial charge in [0.2, 0.25) is 10.0 Å². The smallest absolute Gasteiger partial charge is 0.244 e. The molecule has 2 N–H and O–H groups in total. The van der Waals surface area contributed by atoms with Crippen LogP contribution in [0.5, 0.6) is 0 Å². The van der Waals surface area contributed by atoms with E-state index < -0.39 is 10.0 Å². The molecule has 5 nitrogen and oxygen atoms in total. The monoisotopic (exact) mass is 303 g/mol. The highest BCUT2D eigenvalue weighted by Crippen LogP contribution is 2.30. The Bertz CT molecular complexity index is 704. The fourth-order valence-electron chi connectivity index (χ4n) is 2.69. The molecular weight excluding hydrogens is 286 g/mol. The molecule has 1 saturated heterocycles. The third kappa shape index (κ3) is 2.70. The number of sulfonamides is 1. The largest absolute Gasteiger partial charge is 0.326 e. The highest BCUT2D eigenvalue weighted by Gasteiger charge is 2.38. The Kier molecular flexibility index (Phi) is 3.75. The second-order valence-corrected chi connectivity index (χ2v) is 7.13. The van der Waals surface area contributed by atoms with Crippen molar-refractivity contribution in [3.63, 3.8) is 0 Å². The van der Waals surface area contributed by atoms with Gasteiger partial charge < -0.3 is 5.73 Å². The summed E-state index contributed by atoms with van der Waals surface area (Å²) >= 11 is 0. The maximum atomic E-state index is 12.6. The molecule has 0 amide bonds. The van der Waals surface area contributed by atoms with Gasteiger partial charge in [-0.1, -0.05) is 30.3 Å². The molecule has 3 rings (SSSR count). The van der Waals surface area contributed by atoms with Gasteiger partial charge in [-0.3, -0.25) is 4.98 Å². The molecule has 1 fully saturated rings. The van der Waals surface area contributed by atoms with Crippen LogP contribution >= 0.6 is 0 Å². The number of nitrogens with zero attached hydrogens (tertiary/aromatic N) is 2. The summed E-state index contributed by atoms with van der Waals surface area (Å²) in [6.07, 6.45) is 2.93. The highest BCUT2D eigenvalue weighted by molar-refractivity contribution is 7.89. The van der Waals surface area contributed by atoms with Gasteiger partial charge in [0.1, 0.15) is 4.90 Å². The van der Waals surface area contributed by atoms with Crippen molar-refractivity contribution in [2.45, 2.75) is 16.9 Å². The molecule has 1 aromatic carbocycles. The minimum atomic E-state index is -3.52. The Labute approximate surface area is 124 Å². The van der Waals surface area contributed by atoms with Crippen LogP contribution in [0, 0.1) is 0 Å². The number of rotatable bonds is 3. The first-order valence-electron chi connectivity index (χ1n) is 6.80. The first-order chi connectivity index (χ1) is 10.1. The summed E-state index contributed by atoms with van der Waals surface area (Å²) in [5.41, 5.74) is 7.23. The summed E-state index contributed by atoms with van der Waals surface area (Å²) in [7, 11) is -3.52. The van der Waals surface area contributed by atoms with Gasteiger partial charge in [-0.25, -0.2) is 8.42 Å². The lowest BCUT2D eigenvalue weighted by molar-refractivity contribution is 0.470. The molecule has 0 spiro atoms. The lowest BCUT2D eigenvalue weighted by Gasteiger charge is -2.16. The lowest BCUT2D eigenvalue weighted by atomic mass is 9.95. The van der Waals surface area contributed by atoms with E-state index in [0.29, 0.717) is 13.1 Å². The lowest BCUT2D eigenvalue weighted by Crippen LogP contribution is -2.32. The fourth-order valence-corrected chi connectivity index (χ4v) is 4.16. The third-order valence-electron chi connectivity index (χ3n) is 3.83. The molecular formula is C15H17N3O2S. The summed E-state index contributed by atoms with van der Waals surface area (Å²) in [6, 6.07) is 12.8. The number of benzene rings is 1. The Balaban J connectivity index is 1.87. The standard InChI is InChI=1S/C15H17N3O2S/c16-15-11-18(10-14(15)12-5-2-1-3-6-12)21(19,20)13-7-4-8-17-9-13/h1-9,14-15H,10-11,16H2/t14-,15+/m0/s1. The average Bonchev–Trinajstić information content (AvgIpc) is 2.92. The molecule has 6 heteroatoms. The zero-order valence-corrected chi connectivity index (χ0v) is 12.3. The van der Waals surface area contributed by atoms with Crippen LogP contribution in [0.25, 0.3) is 0 Å². The Hall–Kier alpha value is -1.76. The first kappa shape index (κ1) is 14.2. The third-order valence-corrected chi connectivity index (χ3v) is 5.65. The maximum Gasteiger partial charge on any atom is 0.244 e. The normalized spacial score (nSPS) is 23.3. The molecule has 0 radical (unpaired) electrons. The van der Waals surface area contributed by atoms with Gasteiger partial charge in [-0.15, -0.1) is 0 Å². The number of aromatic nitrogens is 1. The van der Waals surface area contributed by atoms with E-state index in [-0.39, 0.29) is 16.9 Å². The quantitative estimate of drug-likeness (QED) is 0.924. The molecule has 0 unspecified atom stereocenters. The summed E-state index contributed by atoms with van der Waals surface area (Å²) < 4.78 is 26.6. The topological polar surface area (TPSA) is 76.3 Å². The minimum absolute atomic E-state index is 0.0256. The van der Waals surface area contributed by atoms with Crippen LogP contribution in [0.4, 0.5) is 0 Å². The van der Waals surface area contributed by atoms with Crippen LogP contribution in [-0.4, -0.2) is 36.8 Å². The van der Waals surface area contributed by atoms with Crippen molar-refractivity contribution in [3.05, 3.63) is 60.4 Å². The first-order valence-corrected chi connectivity index (χ1v) is 8.24. The van der Waals surface area contributed by atoms with Crippen LogP contribution in [0.15, 0.2) is 59.8 Å². The van der Waals surface area contributed by atoms with Gasteiger partial charge in [-0.2, -0.15) is 4.31 Å². The summed E-state index contributed by atoms with van der Waals surface area (Å²) in [5, 5.41) is 0.